The van der Waals surface area contributed by atoms with E-state index in [1.807, 2.05) is 28.4 Å². The van der Waals surface area contributed by atoms with Gasteiger partial charge in [-0.25, -0.2) is 9.18 Å². The van der Waals surface area contributed by atoms with Crippen LogP contribution in [0.25, 0.3) is 5.00 Å². The van der Waals surface area contributed by atoms with Gasteiger partial charge in [-0.1, -0.05) is 12.1 Å². The van der Waals surface area contributed by atoms with E-state index in [4.69, 9.17) is 4.74 Å². The van der Waals surface area contributed by atoms with Gasteiger partial charge in [-0.3, -0.25) is 0 Å². The van der Waals surface area contributed by atoms with Crippen molar-refractivity contribution >= 4 is 17.4 Å². The Morgan fingerprint density at radius 1 is 1.22 bits per heavy atom. The van der Waals surface area contributed by atoms with Crippen molar-refractivity contribution in [3.05, 3.63) is 75.7 Å². The van der Waals surface area contributed by atoms with Crippen molar-refractivity contribution in [2.45, 2.75) is 44.7 Å². The van der Waals surface area contributed by atoms with Crippen molar-refractivity contribution < 1.29 is 13.9 Å². The van der Waals surface area contributed by atoms with E-state index in [-0.39, 0.29) is 17.9 Å². The van der Waals surface area contributed by atoms with Crippen LogP contribution in [0.2, 0.25) is 0 Å². The molecule has 3 aromatic rings. The smallest absolute Gasteiger partial charge is 0.318 e. The molecule has 2 amide bonds. The lowest BCUT2D eigenvalue weighted by Crippen LogP contribution is -2.42. The average molecular weight is 454 g/mol. The molecule has 0 radical (unpaired) electrons. The van der Waals surface area contributed by atoms with Crippen LogP contribution in [0.4, 0.5) is 9.18 Å². The zero-order valence-electron chi connectivity index (χ0n) is 18.3. The molecule has 0 fully saturated rings. The van der Waals surface area contributed by atoms with Gasteiger partial charge in [-0.05, 0) is 67.5 Å². The lowest BCUT2D eigenvalue weighted by atomic mass is 9.95. The average Bonchev–Trinajstić information content (AvgIpc) is 3.38. The van der Waals surface area contributed by atoms with Gasteiger partial charge in [0.15, 0.2) is 0 Å². The number of hydrogen-bond donors (Lipinski definition) is 1. The minimum absolute atomic E-state index is 0.133. The Hall–Kier alpha value is -2.64. The molecule has 0 unspecified atom stereocenters. The minimum Gasteiger partial charge on any atom is -0.385 e. The van der Waals surface area contributed by atoms with Crippen molar-refractivity contribution in [2.24, 2.45) is 0 Å². The maximum atomic E-state index is 14.2. The number of halogens is 1. The maximum Gasteiger partial charge on any atom is 0.318 e. The number of aryl methyl sites for hydroxylation is 1. The molecule has 1 atom stereocenters. The van der Waals surface area contributed by atoms with Crippen molar-refractivity contribution in [3.8, 4) is 5.00 Å². The molecular weight excluding hydrogens is 425 g/mol. The molecule has 3 heterocycles. The molecule has 2 aromatic heterocycles. The number of methoxy groups -OCH3 is 1. The summed E-state index contributed by atoms with van der Waals surface area (Å²) in [6.45, 7) is 1.65. The summed E-state index contributed by atoms with van der Waals surface area (Å²) in [5.41, 5.74) is 4.42. The fourth-order valence-electron chi connectivity index (χ4n) is 4.93. The molecule has 168 valence electrons. The van der Waals surface area contributed by atoms with E-state index in [9.17, 15) is 9.18 Å². The number of carbonyl (C=O) groups excluding carboxylic acids is 1. The Morgan fingerprint density at radius 3 is 2.94 bits per heavy atom. The van der Waals surface area contributed by atoms with Crippen LogP contribution in [0, 0.1) is 5.82 Å². The van der Waals surface area contributed by atoms with Crippen LogP contribution < -0.4 is 5.32 Å². The monoisotopic (exact) mass is 453 g/mol. The third-order valence-electron chi connectivity index (χ3n) is 6.41. The van der Waals surface area contributed by atoms with Crippen LogP contribution in [0.15, 0.2) is 42.6 Å². The highest BCUT2D eigenvalue weighted by atomic mass is 32.1. The number of amides is 2. The van der Waals surface area contributed by atoms with Crippen LogP contribution >= 0.6 is 11.3 Å². The molecule has 1 aliphatic carbocycles. The highest BCUT2D eigenvalue weighted by Gasteiger charge is 2.36. The van der Waals surface area contributed by atoms with Crippen molar-refractivity contribution in [3.63, 3.8) is 0 Å². The second-order valence-electron chi connectivity index (χ2n) is 8.46. The van der Waals surface area contributed by atoms with E-state index in [2.05, 4.69) is 22.1 Å². The first kappa shape index (κ1) is 21.2. The SMILES string of the molecule is COCCCNC(=O)N1Cc2c(sc3c2CCCC3)-n2cccc2[C@H]1c1cccc(F)c1. The van der Waals surface area contributed by atoms with Crippen LogP contribution in [0.3, 0.4) is 0 Å². The third kappa shape index (κ3) is 3.84. The molecule has 32 heavy (non-hydrogen) atoms. The molecule has 0 bridgehead atoms. The van der Waals surface area contributed by atoms with E-state index >= 15 is 0 Å². The fourth-order valence-corrected chi connectivity index (χ4v) is 6.33. The minimum atomic E-state index is -0.373. The fraction of sp³-hybridized carbons (Fsp3) is 0.400. The normalized spacial score (nSPS) is 17.3. The summed E-state index contributed by atoms with van der Waals surface area (Å²) in [4.78, 5) is 16.8. The van der Waals surface area contributed by atoms with Crippen LogP contribution in [0.5, 0.6) is 0 Å². The largest absolute Gasteiger partial charge is 0.385 e. The molecule has 1 aromatic carbocycles. The van der Waals surface area contributed by atoms with Gasteiger partial charge in [0.2, 0.25) is 0 Å². The Kier molecular flexibility index (Phi) is 6.02. The van der Waals surface area contributed by atoms with Gasteiger partial charge >= 0.3 is 6.03 Å². The van der Waals surface area contributed by atoms with E-state index < -0.39 is 0 Å². The predicted molar refractivity (Wildman–Crippen MR) is 124 cm³/mol. The Balaban J connectivity index is 1.60. The van der Waals surface area contributed by atoms with Crippen molar-refractivity contribution in [2.75, 3.05) is 20.3 Å². The van der Waals surface area contributed by atoms with Crippen molar-refractivity contribution in [1.82, 2.24) is 14.8 Å². The number of benzene rings is 1. The zero-order valence-corrected chi connectivity index (χ0v) is 19.1. The molecule has 0 saturated carbocycles. The number of thiophene rings is 1. The molecule has 5 nitrogen and oxygen atoms in total. The number of fused-ring (bicyclic) bond motifs is 5. The number of urea groups is 1. The van der Waals surface area contributed by atoms with Crippen LogP contribution in [-0.4, -0.2) is 35.8 Å². The van der Waals surface area contributed by atoms with Crippen LogP contribution in [-0.2, 0) is 24.1 Å². The van der Waals surface area contributed by atoms with Gasteiger partial charge in [-0.2, -0.15) is 0 Å². The first-order chi connectivity index (χ1) is 15.7. The Bertz CT molecular complexity index is 1120. The summed E-state index contributed by atoms with van der Waals surface area (Å²) in [6.07, 6.45) is 7.40. The zero-order chi connectivity index (χ0) is 22.1. The highest BCUT2D eigenvalue weighted by molar-refractivity contribution is 7.15. The first-order valence-electron chi connectivity index (χ1n) is 11.3. The quantitative estimate of drug-likeness (QED) is 0.539. The number of rotatable bonds is 5. The van der Waals surface area contributed by atoms with Gasteiger partial charge in [0.25, 0.3) is 0 Å². The van der Waals surface area contributed by atoms with Crippen molar-refractivity contribution in [1.29, 1.82) is 0 Å². The predicted octanol–water partition coefficient (Wildman–Crippen LogP) is 5.21. The molecule has 1 N–H and O–H groups in total. The van der Waals surface area contributed by atoms with E-state index in [1.54, 1.807) is 19.2 Å². The lowest BCUT2D eigenvalue weighted by Gasteiger charge is -2.31. The molecule has 7 heteroatoms. The number of nitrogens with zero attached hydrogens (tertiary/aromatic N) is 2. The molecule has 0 saturated heterocycles. The number of carbonyl (C=O) groups is 1. The highest BCUT2D eigenvalue weighted by Crippen LogP contribution is 2.44. The standard InChI is InChI=1S/C25H28FN3O2S/c1-31-14-6-12-27-25(30)29-16-20-19-9-2-3-11-22(19)32-24(20)28-13-5-10-21(28)23(29)17-7-4-8-18(26)15-17/h4-5,7-8,10,13,15,23H,2-3,6,9,11-12,14,16H2,1H3,(H,27,30)/t23-/m1/s1. The molecule has 5 rings (SSSR count). The maximum absolute atomic E-state index is 14.2. The molecular formula is C25H28FN3O2S. The van der Waals surface area contributed by atoms with Crippen LogP contribution in [0.1, 0.15) is 52.6 Å². The van der Waals surface area contributed by atoms with Gasteiger partial charge < -0.3 is 19.5 Å². The first-order valence-corrected chi connectivity index (χ1v) is 12.1. The summed E-state index contributed by atoms with van der Waals surface area (Å²) in [7, 11) is 1.66. The third-order valence-corrected chi connectivity index (χ3v) is 7.74. The summed E-state index contributed by atoms with van der Waals surface area (Å²) in [6, 6.07) is 10.2. The number of hydrogen-bond acceptors (Lipinski definition) is 3. The molecule has 0 spiro atoms. The van der Waals surface area contributed by atoms with E-state index in [1.165, 1.54) is 39.9 Å². The summed E-state index contributed by atoms with van der Waals surface area (Å²) >= 11 is 1.85. The molecule has 2 aliphatic rings. The van der Waals surface area contributed by atoms with E-state index in [0.717, 1.165) is 30.5 Å². The number of aromatic nitrogens is 1. The lowest BCUT2D eigenvalue weighted by molar-refractivity contribution is 0.174. The second-order valence-corrected chi connectivity index (χ2v) is 9.55. The van der Waals surface area contributed by atoms with Gasteiger partial charge in [0.1, 0.15) is 10.8 Å². The Labute approximate surface area is 191 Å². The summed E-state index contributed by atoms with van der Waals surface area (Å²) in [5, 5.41) is 4.26. The van der Waals surface area contributed by atoms with Gasteiger partial charge in [-0.15, -0.1) is 11.3 Å². The summed E-state index contributed by atoms with van der Waals surface area (Å²) < 4.78 is 21.6. The van der Waals surface area contributed by atoms with Gasteiger partial charge in [0, 0.05) is 36.9 Å². The van der Waals surface area contributed by atoms with E-state index in [0.29, 0.717) is 19.7 Å². The summed E-state index contributed by atoms with van der Waals surface area (Å²) in [5.74, 6) is -0.294. The molecule has 1 aliphatic heterocycles. The number of ether oxygens (including phenoxy) is 1. The number of nitrogens with one attached hydrogen (secondary N) is 1. The second kappa shape index (κ2) is 9.08. The van der Waals surface area contributed by atoms with Gasteiger partial charge in [0.05, 0.1) is 18.3 Å². The Morgan fingerprint density at radius 2 is 2.09 bits per heavy atom. The topological polar surface area (TPSA) is 46.5 Å².